The number of aliphatic hydroxyl groups excluding tert-OH is 1. The van der Waals surface area contributed by atoms with Crippen LogP contribution in [0.15, 0.2) is 42.5 Å². The predicted molar refractivity (Wildman–Crippen MR) is 219 cm³/mol. The number of aliphatic hydroxyl groups is 1. The minimum Gasteiger partial charge on any atom is -0.508 e. The van der Waals surface area contributed by atoms with Crippen LogP contribution in [0.2, 0.25) is 0 Å². The van der Waals surface area contributed by atoms with E-state index in [2.05, 4.69) is 53.2 Å². The topological polar surface area (TPSA) is 246 Å². The number of carbonyl (C=O) groups is 5. The smallest absolute Gasteiger partial charge is 0.243 e. The number of amides is 5. The van der Waals surface area contributed by atoms with Crippen molar-refractivity contribution in [2.45, 2.75) is 81.3 Å². The Morgan fingerprint density at radius 3 is 2.26 bits per heavy atom. The molecule has 6 atom stereocenters. The Bertz CT molecular complexity index is 1610. The average molecular weight is 797 g/mol. The summed E-state index contributed by atoms with van der Waals surface area (Å²) in [6.07, 6.45) is 1.91. The fourth-order valence-electron chi connectivity index (χ4n) is 6.68. The molecule has 0 unspecified atom stereocenters. The number of phenolic OH excluding ortho intramolecular Hbond substituents is 1. The van der Waals surface area contributed by atoms with Gasteiger partial charge in [0.05, 0.1) is 24.7 Å². The number of benzene rings is 2. The highest BCUT2D eigenvalue weighted by Crippen LogP contribution is 2.28. The lowest BCUT2D eigenvalue weighted by atomic mass is 9.96. The summed E-state index contributed by atoms with van der Waals surface area (Å²) in [4.78, 5) is 66.7. The maximum Gasteiger partial charge on any atom is 0.243 e. The Balaban J connectivity index is 1.70. The Morgan fingerprint density at radius 2 is 1.56 bits per heavy atom. The Labute approximate surface area is 336 Å². The predicted octanol–water partition coefficient (Wildman–Crippen LogP) is -2.01. The molecule has 3 rings (SSSR count). The summed E-state index contributed by atoms with van der Waals surface area (Å²) in [6, 6.07) is 9.04. The highest BCUT2D eigenvalue weighted by Gasteiger charge is 2.31. The van der Waals surface area contributed by atoms with E-state index in [0.717, 1.165) is 30.5 Å². The second-order valence-electron chi connectivity index (χ2n) is 14.4. The van der Waals surface area contributed by atoms with Gasteiger partial charge in [-0.1, -0.05) is 30.3 Å². The summed E-state index contributed by atoms with van der Waals surface area (Å²) in [6.45, 7) is 1.47. The molecule has 2 aromatic carbocycles. The summed E-state index contributed by atoms with van der Waals surface area (Å²) in [5.74, 6) is -2.39. The molecule has 1 heterocycles. The number of likely N-dealkylation sites (N-methyl/N-ethyl adjacent to an activating group) is 4. The average Bonchev–Trinajstić information content (AvgIpc) is 3.20. The molecule has 0 radical (unpaired) electrons. The maximum absolute atomic E-state index is 13.8. The molecule has 57 heavy (non-hydrogen) atoms. The van der Waals surface area contributed by atoms with Crippen LogP contribution in [0.4, 0.5) is 0 Å². The van der Waals surface area contributed by atoms with Gasteiger partial charge in [0.1, 0.15) is 17.8 Å². The van der Waals surface area contributed by atoms with Crippen LogP contribution >= 0.6 is 0 Å². The zero-order valence-electron chi connectivity index (χ0n) is 33.9. The van der Waals surface area contributed by atoms with Gasteiger partial charge in [-0.15, -0.1) is 0 Å². The van der Waals surface area contributed by atoms with Crippen molar-refractivity contribution in [2.75, 3.05) is 68.0 Å². The first-order chi connectivity index (χ1) is 27.4. The van der Waals surface area contributed by atoms with E-state index in [9.17, 15) is 34.2 Å². The lowest BCUT2D eigenvalue weighted by Gasteiger charge is -2.26. The van der Waals surface area contributed by atoms with Crippen LogP contribution < -0.4 is 53.2 Å². The van der Waals surface area contributed by atoms with Crippen molar-refractivity contribution in [3.63, 3.8) is 0 Å². The van der Waals surface area contributed by atoms with Gasteiger partial charge in [0, 0.05) is 44.9 Å². The van der Waals surface area contributed by atoms with Gasteiger partial charge in [-0.3, -0.25) is 24.0 Å². The minimum absolute atomic E-state index is 0.0154. The number of hydrogen-bond donors (Lipinski definition) is 12. The number of fused-ring (bicyclic) bond motifs is 5. The van der Waals surface area contributed by atoms with E-state index in [-0.39, 0.29) is 56.6 Å². The Morgan fingerprint density at radius 1 is 0.807 bits per heavy atom. The van der Waals surface area contributed by atoms with E-state index in [1.807, 2.05) is 38.4 Å². The normalized spacial score (nSPS) is 18.8. The highest BCUT2D eigenvalue weighted by atomic mass is 16.3. The molecule has 0 aliphatic carbocycles. The van der Waals surface area contributed by atoms with Gasteiger partial charge in [0.15, 0.2) is 0 Å². The Kier molecular flexibility index (Phi) is 20.4. The zero-order valence-corrected chi connectivity index (χ0v) is 33.9. The first kappa shape index (κ1) is 46.7. The molecule has 0 saturated carbocycles. The van der Waals surface area contributed by atoms with Gasteiger partial charge in [0.2, 0.25) is 29.5 Å². The van der Waals surface area contributed by atoms with E-state index in [0.29, 0.717) is 30.5 Å². The minimum atomic E-state index is -1.22. The number of nitrogens with one attached hydrogen (secondary N) is 10. The van der Waals surface area contributed by atoms with Crippen molar-refractivity contribution in [1.82, 2.24) is 53.2 Å². The Hall–Kier alpha value is -4.65. The van der Waals surface area contributed by atoms with Crippen LogP contribution in [0, 0.1) is 0 Å². The van der Waals surface area contributed by atoms with Crippen molar-refractivity contribution in [1.29, 1.82) is 0 Å². The molecule has 0 spiro atoms. The summed E-state index contributed by atoms with van der Waals surface area (Å²) in [5, 5.41) is 50.4. The van der Waals surface area contributed by atoms with Crippen molar-refractivity contribution < 1.29 is 34.2 Å². The first-order valence-corrected chi connectivity index (χ1v) is 19.8. The lowest BCUT2D eigenvalue weighted by molar-refractivity contribution is -0.133. The summed E-state index contributed by atoms with van der Waals surface area (Å²) >= 11 is 0. The molecule has 0 aromatic heterocycles. The molecule has 0 fully saturated rings. The molecular weight excluding hydrogens is 733 g/mol. The lowest BCUT2D eigenvalue weighted by Crippen LogP contribution is -2.58. The van der Waals surface area contributed by atoms with E-state index < -0.39 is 53.9 Å². The monoisotopic (exact) mass is 796 g/mol. The number of rotatable bonds is 21. The number of aromatic hydroxyl groups is 1. The molecule has 1 aliphatic rings. The molecule has 4 bridgehead atoms. The standard InChI is InChI=1S/C40H64N10O7/c1-41-15-7-11-29(43-3)22-47-37(54)31(44-4)12-8-16-46-36(53)24-48-38(55)33-18-25-9-6-10-26(17-25)27-13-14-35(52)28(19-27)20-32(45-5)39(56)50-34(40(57)49-33)21-30(51)23-42-2/h6,9-10,13-14,17,19,29-34,41-45,51-52H,7-8,11-12,15-16,18,20-24H2,1-5H3,(H,46,53)(H,47,54)(H,48,55)(H,49,57)(H,50,56)/t29-,30+,31-,32-,33-,34-/m0/s1. The molecule has 17 nitrogen and oxygen atoms in total. The van der Waals surface area contributed by atoms with Crippen LogP contribution in [0.25, 0.3) is 11.1 Å². The fourth-order valence-corrected chi connectivity index (χ4v) is 6.68. The SMILES string of the molecule is CNCCC[C@@H](CNC(=O)[C@H](CCCNC(=O)CNC(=O)[C@@H]1Cc2cccc(c2)-c2ccc(O)c(c2)C[C@H](NC)C(=O)N[C@@H](C[C@@H](O)CNC)C(=O)N1)NC)NC. The second kappa shape index (κ2) is 24.9. The molecule has 316 valence electrons. The molecule has 1 aliphatic heterocycles. The molecule has 12 N–H and O–H groups in total. The number of carbonyl (C=O) groups excluding carboxylic acids is 5. The van der Waals surface area contributed by atoms with Gasteiger partial charge in [-0.25, -0.2) is 0 Å². The third kappa shape index (κ3) is 15.7. The van der Waals surface area contributed by atoms with E-state index in [1.165, 1.54) is 0 Å². The summed E-state index contributed by atoms with van der Waals surface area (Å²) in [7, 11) is 8.73. The number of phenols is 1. The van der Waals surface area contributed by atoms with E-state index in [4.69, 9.17) is 0 Å². The molecule has 17 heteroatoms. The quantitative estimate of drug-likeness (QED) is 0.0614. The van der Waals surface area contributed by atoms with Crippen LogP contribution in [0.1, 0.15) is 43.2 Å². The molecule has 5 amide bonds. The van der Waals surface area contributed by atoms with Gasteiger partial charge < -0.3 is 63.4 Å². The van der Waals surface area contributed by atoms with Crippen molar-refractivity contribution in [2.24, 2.45) is 0 Å². The first-order valence-electron chi connectivity index (χ1n) is 19.8. The van der Waals surface area contributed by atoms with Gasteiger partial charge in [0.25, 0.3) is 0 Å². The van der Waals surface area contributed by atoms with Crippen LogP contribution in [-0.4, -0.2) is 144 Å². The van der Waals surface area contributed by atoms with Gasteiger partial charge >= 0.3 is 0 Å². The second-order valence-corrected chi connectivity index (χ2v) is 14.4. The maximum atomic E-state index is 13.8. The van der Waals surface area contributed by atoms with Gasteiger partial charge in [-0.2, -0.15) is 0 Å². The summed E-state index contributed by atoms with van der Waals surface area (Å²) < 4.78 is 0. The van der Waals surface area contributed by atoms with Crippen molar-refractivity contribution >= 4 is 29.5 Å². The summed E-state index contributed by atoms with van der Waals surface area (Å²) in [5.41, 5.74) is 2.81. The van der Waals surface area contributed by atoms with Crippen LogP contribution in [-0.2, 0) is 36.8 Å². The molecule has 0 saturated heterocycles. The van der Waals surface area contributed by atoms with Gasteiger partial charge in [-0.05, 0) is 102 Å². The van der Waals surface area contributed by atoms with Crippen molar-refractivity contribution in [3.05, 3.63) is 53.6 Å². The molecule has 2 aromatic rings. The fraction of sp³-hybridized carbons (Fsp3) is 0.575. The van der Waals surface area contributed by atoms with Crippen LogP contribution in [0.3, 0.4) is 0 Å². The van der Waals surface area contributed by atoms with Crippen LogP contribution in [0.5, 0.6) is 5.75 Å². The van der Waals surface area contributed by atoms with Crippen molar-refractivity contribution in [3.8, 4) is 16.9 Å². The third-order valence-corrected chi connectivity index (χ3v) is 10.1. The highest BCUT2D eigenvalue weighted by molar-refractivity contribution is 5.94. The third-order valence-electron chi connectivity index (χ3n) is 10.1. The zero-order chi connectivity index (χ0) is 41.7. The molecular formula is C40H64N10O7. The largest absolute Gasteiger partial charge is 0.508 e. The van der Waals surface area contributed by atoms with E-state index >= 15 is 0 Å². The number of hydrogen-bond acceptors (Lipinski definition) is 12. The van der Waals surface area contributed by atoms with E-state index in [1.54, 1.807) is 39.3 Å².